The van der Waals surface area contributed by atoms with Crippen molar-refractivity contribution in [2.75, 3.05) is 6.61 Å². The molecule has 2 rings (SSSR count). The first-order chi connectivity index (χ1) is 7.56. The van der Waals surface area contributed by atoms with Gasteiger partial charge in [0.1, 0.15) is 12.4 Å². The van der Waals surface area contributed by atoms with Gasteiger partial charge in [-0.15, -0.1) is 0 Å². The van der Waals surface area contributed by atoms with Gasteiger partial charge in [-0.25, -0.2) is 0 Å². The summed E-state index contributed by atoms with van der Waals surface area (Å²) >= 11 is 0. The zero-order valence-electron chi connectivity index (χ0n) is 9.60. The van der Waals surface area contributed by atoms with E-state index in [-0.39, 0.29) is 5.54 Å². The van der Waals surface area contributed by atoms with Gasteiger partial charge in [0, 0.05) is 22.5 Å². The summed E-state index contributed by atoms with van der Waals surface area (Å²) in [5, 5.41) is 2.15. The Morgan fingerprint density at radius 3 is 2.75 bits per heavy atom. The number of aromatic nitrogens is 1. The normalized spacial score (nSPS) is 11.7. The van der Waals surface area contributed by atoms with E-state index in [1.54, 1.807) is 6.20 Å². The molecule has 3 nitrogen and oxygen atoms in total. The molecule has 0 amide bonds. The van der Waals surface area contributed by atoms with Gasteiger partial charge in [0.05, 0.1) is 6.20 Å². The first-order valence-electron chi connectivity index (χ1n) is 5.31. The third-order valence-corrected chi connectivity index (χ3v) is 2.23. The van der Waals surface area contributed by atoms with Crippen molar-refractivity contribution in [3.8, 4) is 5.75 Å². The van der Waals surface area contributed by atoms with Crippen molar-refractivity contribution in [3.63, 3.8) is 0 Å². The van der Waals surface area contributed by atoms with E-state index in [0.29, 0.717) is 6.61 Å². The average molecular weight is 216 g/mol. The molecule has 0 saturated carbocycles. The summed E-state index contributed by atoms with van der Waals surface area (Å²) in [7, 11) is 0. The van der Waals surface area contributed by atoms with E-state index in [1.807, 2.05) is 44.3 Å². The lowest BCUT2D eigenvalue weighted by Gasteiger charge is -2.19. The highest BCUT2D eigenvalue weighted by molar-refractivity contribution is 5.87. The average Bonchev–Trinajstić information content (AvgIpc) is 2.25. The predicted octanol–water partition coefficient (Wildman–Crippen LogP) is 2.35. The van der Waals surface area contributed by atoms with Crippen molar-refractivity contribution in [2.45, 2.75) is 19.4 Å². The zero-order valence-corrected chi connectivity index (χ0v) is 9.60. The van der Waals surface area contributed by atoms with Crippen LogP contribution in [0.25, 0.3) is 10.8 Å². The van der Waals surface area contributed by atoms with Crippen molar-refractivity contribution in [2.24, 2.45) is 5.73 Å². The summed E-state index contributed by atoms with van der Waals surface area (Å²) < 4.78 is 5.70. The van der Waals surface area contributed by atoms with E-state index in [2.05, 4.69) is 4.98 Å². The van der Waals surface area contributed by atoms with E-state index in [0.717, 1.165) is 16.5 Å². The molecule has 0 bridgehead atoms. The number of nitrogens with zero attached hydrogens (tertiary/aromatic N) is 1. The molecule has 0 aliphatic carbocycles. The fraction of sp³-hybridized carbons (Fsp3) is 0.308. The Morgan fingerprint density at radius 2 is 2.00 bits per heavy atom. The van der Waals surface area contributed by atoms with Crippen LogP contribution in [0.2, 0.25) is 0 Å². The molecule has 1 aromatic heterocycles. The van der Waals surface area contributed by atoms with E-state index >= 15 is 0 Å². The minimum Gasteiger partial charge on any atom is -0.489 e. The van der Waals surface area contributed by atoms with E-state index in [9.17, 15) is 0 Å². The van der Waals surface area contributed by atoms with Crippen LogP contribution in [0.4, 0.5) is 0 Å². The van der Waals surface area contributed by atoms with Crippen molar-refractivity contribution >= 4 is 10.8 Å². The topological polar surface area (TPSA) is 48.1 Å². The van der Waals surface area contributed by atoms with Gasteiger partial charge in [0.2, 0.25) is 0 Å². The Labute approximate surface area is 95.2 Å². The quantitative estimate of drug-likeness (QED) is 0.856. The number of pyridine rings is 1. The number of hydrogen-bond acceptors (Lipinski definition) is 3. The van der Waals surface area contributed by atoms with Crippen LogP contribution >= 0.6 is 0 Å². The van der Waals surface area contributed by atoms with Crippen molar-refractivity contribution in [1.82, 2.24) is 4.98 Å². The number of nitrogens with two attached hydrogens (primary N) is 1. The summed E-state index contributed by atoms with van der Waals surface area (Å²) in [6.45, 7) is 4.35. The Hall–Kier alpha value is -1.61. The molecular weight excluding hydrogens is 200 g/mol. The maximum Gasteiger partial charge on any atom is 0.145 e. The summed E-state index contributed by atoms with van der Waals surface area (Å²) in [6.07, 6.45) is 3.56. The van der Waals surface area contributed by atoms with Crippen LogP contribution in [-0.4, -0.2) is 17.1 Å². The van der Waals surface area contributed by atoms with Gasteiger partial charge in [-0.05, 0) is 13.8 Å². The maximum atomic E-state index is 5.88. The molecule has 0 aliphatic heterocycles. The molecule has 0 spiro atoms. The van der Waals surface area contributed by atoms with Crippen LogP contribution < -0.4 is 10.5 Å². The van der Waals surface area contributed by atoms with Crippen LogP contribution in [0.1, 0.15) is 13.8 Å². The van der Waals surface area contributed by atoms with Crippen LogP contribution in [0.15, 0.2) is 36.7 Å². The van der Waals surface area contributed by atoms with Crippen LogP contribution in [0, 0.1) is 0 Å². The lowest BCUT2D eigenvalue weighted by Crippen LogP contribution is -2.38. The molecule has 0 atom stereocenters. The molecule has 0 fully saturated rings. The van der Waals surface area contributed by atoms with Crippen LogP contribution in [-0.2, 0) is 0 Å². The lowest BCUT2D eigenvalue weighted by atomic mass is 10.1. The molecule has 2 aromatic rings. The van der Waals surface area contributed by atoms with E-state index < -0.39 is 0 Å². The lowest BCUT2D eigenvalue weighted by molar-refractivity contribution is 0.245. The van der Waals surface area contributed by atoms with Crippen LogP contribution in [0.5, 0.6) is 5.75 Å². The van der Waals surface area contributed by atoms with Gasteiger partial charge in [0.15, 0.2) is 0 Å². The minimum absolute atomic E-state index is 0.336. The predicted molar refractivity (Wildman–Crippen MR) is 65.5 cm³/mol. The molecule has 3 heteroatoms. The first-order valence-corrected chi connectivity index (χ1v) is 5.31. The second kappa shape index (κ2) is 4.10. The fourth-order valence-electron chi connectivity index (χ4n) is 1.47. The molecular formula is C13H16N2O. The molecule has 0 radical (unpaired) electrons. The largest absolute Gasteiger partial charge is 0.489 e. The van der Waals surface area contributed by atoms with Crippen LogP contribution in [0.3, 0.4) is 0 Å². The third kappa shape index (κ3) is 2.49. The summed E-state index contributed by atoms with van der Waals surface area (Å²) in [5.74, 6) is 0.789. The number of rotatable bonds is 3. The molecule has 2 N–H and O–H groups in total. The number of fused-ring (bicyclic) bond motifs is 1. The second-order valence-electron chi connectivity index (χ2n) is 4.64. The highest BCUT2D eigenvalue weighted by Crippen LogP contribution is 2.24. The van der Waals surface area contributed by atoms with E-state index in [1.165, 1.54) is 0 Å². The van der Waals surface area contributed by atoms with Gasteiger partial charge in [0.25, 0.3) is 0 Å². The summed E-state index contributed by atoms with van der Waals surface area (Å²) in [6, 6.07) is 8.02. The number of benzene rings is 1. The first kappa shape index (κ1) is 10.9. The van der Waals surface area contributed by atoms with Gasteiger partial charge < -0.3 is 10.5 Å². The Morgan fingerprint density at radius 1 is 1.25 bits per heavy atom. The number of ether oxygens (including phenoxy) is 1. The molecule has 16 heavy (non-hydrogen) atoms. The fourth-order valence-corrected chi connectivity index (χ4v) is 1.47. The number of hydrogen-bond donors (Lipinski definition) is 1. The maximum absolute atomic E-state index is 5.88. The Kier molecular flexibility index (Phi) is 2.79. The second-order valence-corrected chi connectivity index (χ2v) is 4.64. The standard InChI is InChI=1S/C13H16N2O/c1-13(2,14)9-16-12-8-15-7-10-5-3-4-6-11(10)12/h3-8H,9,14H2,1-2H3. The molecule has 84 valence electrons. The molecule has 0 aliphatic rings. The molecule has 1 heterocycles. The summed E-state index contributed by atoms with van der Waals surface area (Å²) in [4.78, 5) is 4.15. The van der Waals surface area contributed by atoms with Gasteiger partial charge in [-0.3, -0.25) is 4.98 Å². The highest BCUT2D eigenvalue weighted by Gasteiger charge is 2.12. The van der Waals surface area contributed by atoms with Crippen molar-refractivity contribution in [1.29, 1.82) is 0 Å². The summed E-state index contributed by atoms with van der Waals surface area (Å²) in [5.41, 5.74) is 5.55. The molecule has 0 saturated heterocycles. The Bertz CT molecular complexity index is 483. The molecule has 0 unspecified atom stereocenters. The SMILES string of the molecule is CC(C)(N)COc1cncc2ccccc12. The van der Waals surface area contributed by atoms with Gasteiger partial charge in [-0.1, -0.05) is 24.3 Å². The van der Waals surface area contributed by atoms with Crippen molar-refractivity contribution < 1.29 is 4.74 Å². The third-order valence-electron chi connectivity index (χ3n) is 2.23. The highest BCUT2D eigenvalue weighted by atomic mass is 16.5. The smallest absolute Gasteiger partial charge is 0.145 e. The van der Waals surface area contributed by atoms with Crippen molar-refractivity contribution in [3.05, 3.63) is 36.7 Å². The van der Waals surface area contributed by atoms with Gasteiger partial charge >= 0.3 is 0 Å². The zero-order chi connectivity index (χ0) is 11.6. The monoisotopic (exact) mass is 216 g/mol. The van der Waals surface area contributed by atoms with E-state index in [4.69, 9.17) is 10.5 Å². The molecule has 1 aromatic carbocycles. The Balaban J connectivity index is 2.30. The van der Waals surface area contributed by atoms with Gasteiger partial charge in [-0.2, -0.15) is 0 Å². The minimum atomic E-state index is -0.336.